The molecule has 5 heteroatoms. The summed E-state index contributed by atoms with van der Waals surface area (Å²) in [4.78, 5) is 13.6. The molecule has 0 spiro atoms. The third-order valence-corrected chi connectivity index (χ3v) is 3.82. The van der Waals surface area contributed by atoms with Crippen molar-refractivity contribution in [2.45, 2.75) is 19.0 Å². The first-order valence-electron chi connectivity index (χ1n) is 6.87. The van der Waals surface area contributed by atoms with Gasteiger partial charge < -0.3 is 4.90 Å². The molecule has 0 amide bonds. The van der Waals surface area contributed by atoms with Crippen LogP contribution in [0.1, 0.15) is 23.2 Å². The van der Waals surface area contributed by atoms with E-state index in [1.807, 2.05) is 17.0 Å². The summed E-state index contributed by atoms with van der Waals surface area (Å²) in [5.74, 6) is -1.77. The Morgan fingerprint density at radius 2 is 1.67 bits per heavy atom. The number of rotatable bonds is 2. The van der Waals surface area contributed by atoms with Gasteiger partial charge in [0.1, 0.15) is 0 Å². The van der Waals surface area contributed by atoms with Crippen molar-refractivity contribution in [1.29, 1.82) is 0 Å². The van der Waals surface area contributed by atoms with Crippen LogP contribution < -0.4 is 4.90 Å². The second-order valence-electron chi connectivity index (χ2n) is 5.20. The number of halogens is 3. The van der Waals surface area contributed by atoms with Gasteiger partial charge in [-0.15, -0.1) is 0 Å². The highest BCUT2D eigenvalue weighted by atomic mass is 19.4. The minimum absolute atomic E-state index is 0.247. The first-order valence-corrected chi connectivity index (χ1v) is 6.87. The second kappa shape index (κ2) is 5.06. The van der Waals surface area contributed by atoms with E-state index in [0.717, 1.165) is 18.2 Å². The van der Waals surface area contributed by atoms with Gasteiger partial charge in [0.15, 0.2) is 0 Å². The van der Waals surface area contributed by atoms with Crippen molar-refractivity contribution in [3.8, 4) is 0 Å². The van der Waals surface area contributed by atoms with Crippen molar-refractivity contribution in [3.63, 3.8) is 0 Å². The van der Waals surface area contributed by atoms with Crippen LogP contribution in [-0.2, 0) is 0 Å². The number of carbonyl (C=O) groups excluding carboxylic acids is 1. The molecule has 1 aliphatic rings. The van der Waals surface area contributed by atoms with Gasteiger partial charge in [0.2, 0.25) is 0 Å². The molecule has 2 aromatic carbocycles. The second-order valence-corrected chi connectivity index (χ2v) is 5.20. The Morgan fingerprint density at radius 1 is 1.00 bits per heavy atom. The van der Waals surface area contributed by atoms with E-state index >= 15 is 0 Å². The van der Waals surface area contributed by atoms with Gasteiger partial charge in [0, 0.05) is 18.5 Å². The molecule has 0 unspecified atom stereocenters. The molecule has 3 rings (SSSR count). The van der Waals surface area contributed by atoms with Gasteiger partial charge >= 0.3 is 6.18 Å². The fourth-order valence-corrected chi connectivity index (χ4v) is 2.87. The van der Waals surface area contributed by atoms with Crippen molar-refractivity contribution in [3.05, 3.63) is 42.0 Å². The SMILES string of the molecule is O=C(c1ccc2ccccc2c1N1CCCC1)C(F)(F)F. The quantitative estimate of drug-likeness (QED) is 0.774. The first kappa shape index (κ1) is 13.9. The number of hydrogen-bond donors (Lipinski definition) is 0. The van der Waals surface area contributed by atoms with E-state index in [-0.39, 0.29) is 5.56 Å². The minimum Gasteiger partial charge on any atom is -0.370 e. The van der Waals surface area contributed by atoms with Crippen molar-refractivity contribution in [1.82, 2.24) is 0 Å². The summed E-state index contributed by atoms with van der Waals surface area (Å²) in [5.41, 5.74) is 0.177. The lowest BCUT2D eigenvalue weighted by Crippen LogP contribution is -2.27. The molecule has 1 heterocycles. The van der Waals surface area contributed by atoms with Gasteiger partial charge in [0.05, 0.1) is 11.3 Å². The molecule has 0 aromatic heterocycles. The molecule has 1 aliphatic heterocycles. The fourth-order valence-electron chi connectivity index (χ4n) is 2.87. The third kappa shape index (κ3) is 2.48. The predicted molar refractivity (Wildman–Crippen MR) is 75.8 cm³/mol. The molecule has 21 heavy (non-hydrogen) atoms. The predicted octanol–water partition coefficient (Wildman–Crippen LogP) is 4.19. The van der Waals surface area contributed by atoms with Gasteiger partial charge in [-0.25, -0.2) is 0 Å². The zero-order valence-electron chi connectivity index (χ0n) is 11.3. The molecular formula is C16H14F3NO. The molecule has 0 N–H and O–H groups in total. The number of Topliss-reactive ketones (excluding diaryl/α,β-unsaturated/α-hetero) is 1. The highest BCUT2D eigenvalue weighted by Crippen LogP contribution is 2.36. The summed E-state index contributed by atoms with van der Waals surface area (Å²) in [6, 6.07) is 10.1. The Kier molecular flexibility index (Phi) is 3.35. The van der Waals surface area contributed by atoms with E-state index in [1.165, 1.54) is 6.07 Å². The van der Waals surface area contributed by atoms with Crippen molar-refractivity contribution < 1.29 is 18.0 Å². The molecule has 0 bridgehead atoms. The maximum Gasteiger partial charge on any atom is 0.454 e. The smallest absolute Gasteiger partial charge is 0.370 e. The molecule has 0 atom stereocenters. The zero-order valence-corrected chi connectivity index (χ0v) is 11.3. The van der Waals surface area contributed by atoms with Crippen molar-refractivity contribution in [2.24, 2.45) is 0 Å². The van der Waals surface area contributed by atoms with Crippen LogP contribution in [0, 0.1) is 0 Å². The summed E-state index contributed by atoms with van der Waals surface area (Å²) >= 11 is 0. The maximum atomic E-state index is 12.8. The molecule has 110 valence electrons. The lowest BCUT2D eigenvalue weighted by molar-refractivity contribution is -0.0884. The van der Waals surface area contributed by atoms with Crippen LogP contribution in [0.2, 0.25) is 0 Å². The molecule has 1 saturated heterocycles. The Morgan fingerprint density at radius 3 is 2.33 bits per heavy atom. The van der Waals surface area contributed by atoms with Crippen LogP contribution in [0.15, 0.2) is 36.4 Å². The largest absolute Gasteiger partial charge is 0.454 e. The number of benzene rings is 2. The van der Waals surface area contributed by atoms with Crippen molar-refractivity contribution >= 4 is 22.2 Å². The van der Waals surface area contributed by atoms with Crippen LogP contribution in [0.3, 0.4) is 0 Å². The summed E-state index contributed by atoms with van der Waals surface area (Å²) in [7, 11) is 0. The number of carbonyl (C=O) groups is 1. The Hall–Kier alpha value is -2.04. The number of alkyl halides is 3. The zero-order chi connectivity index (χ0) is 15.0. The molecule has 2 nitrogen and oxygen atoms in total. The summed E-state index contributed by atoms with van der Waals surface area (Å²) in [6.07, 6.45) is -2.98. The lowest BCUT2D eigenvalue weighted by atomic mass is 10.00. The molecule has 0 radical (unpaired) electrons. The number of fused-ring (bicyclic) bond motifs is 1. The first-order chi connectivity index (χ1) is 9.98. The van der Waals surface area contributed by atoms with Gasteiger partial charge in [0.25, 0.3) is 5.78 Å². The molecule has 1 fully saturated rings. The van der Waals surface area contributed by atoms with Gasteiger partial charge in [-0.05, 0) is 24.3 Å². The number of anilines is 1. The van der Waals surface area contributed by atoms with Crippen LogP contribution in [-0.4, -0.2) is 25.0 Å². The van der Waals surface area contributed by atoms with Crippen LogP contribution in [0.5, 0.6) is 0 Å². The Balaban J connectivity index is 2.24. The van der Waals surface area contributed by atoms with Crippen LogP contribution >= 0.6 is 0 Å². The number of hydrogen-bond acceptors (Lipinski definition) is 2. The van der Waals surface area contributed by atoms with E-state index in [1.54, 1.807) is 18.2 Å². The molecule has 0 aliphatic carbocycles. The van der Waals surface area contributed by atoms with Crippen LogP contribution in [0.25, 0.3) is 10.8 Å². The Labute approximate surface area is 120 Å². The maximum absolute atomic E-state index is 12.8. The summed E-state index contributed by atoms with van der Waals surface area (Å²) in [5, 5.41) is 1.55. The summed E-state index contributed by atoms with van der Waals surface area (Å²) < 4.78 is 38.5. The lowest BCUT2D eigenvalue weighted by Gasteiger charge is -2.23. The number of nitrogens with zero attached hydrogens (tertiary/aromatic N) is 1. The van der Waals surface area contributed by atoms with Crippen molar-refractivity contribution in [2.75, 3.05) is 18.0 Å². The van der Waals surface area contributed by atoms with E-state index < -0.39 is 12.0 Å². The van der Waals surface area contributed by atoms with Crippen LogP contribution in [0.4, 0.5) is 18.9 Å². The van der Waals surface area contributed by atoms with Gasteiger partial charge in [-0.3, -0.25) is 4.79 Å². The van der Waals surface area contributed by atoms with E-state index in [4.69, 9.17) is 0 Å². The van der Waals surface area contributed by atoms with E-state index in [0.29, 0.717) is 24.2 Å². The standard InChI is InChI=1S/C16H14F3NO/c17-16(18,19)15(21)13-8-7-11-5-1-2-6-12(11)14(13)20-9-3-4-10-20/h1-2,5-8H,3-4,9-10H2. The Bertz CT molecular complexity index is 687. The van der Waals surface area contributed by atoms with E-state index in [9.17, 15) is 18.0 Å². The third-order valence-electron chi connectivity index (χ3n) is 3.82. The highest BCUT2D eigenvalue weighted by Gasteiger charge is 2.41. The fraction of sp³-hybridized carbons (Fsp3) is 0.312. The topological polar surface area (TPSA) is 20.3 Å². The number of ketones is 1. The normalized spacial score (nSPS) is 15.7. The minimum atomic E-state index is -4.85. The molecule has 0 saturated carbocycles. The summed E-state index contributed by atoms with van der Waals surface area (Å²) in [6.45, 7) is 1.37. The van der Waals surface area contributed by atoms with E-state index in [2.05, 4.69) is 0 Å². The average Bonchev–Trinajstić information content (AvgIpc) is 2.98. The average molecular weight is 293 g/mol. The molecule has 2 aromatic rings. The molecular weight excluding hydrogens is 279 g/mol. The van der Waals surface area contributed by atoms with Gasteiger partial charge in [-0.1, -0.05) is 30.3 Å². The monoisotopic (exact) mass is 293 g/mol. The highest BCUT2D eigenvalue weighted by molar-refractivity contribution is 6.11. The van der Waals surface area contributed by atoms with Gasteiger partial charge in [-0.2, -0.15) is 13.2 Å².